The van der Waals surface area contributed by atoms with Crippen molar-refractivity contribution < 1.29 is 14.7 Å². The molecule has 34 heavy (non-hydrogen) atoms. The molecule has 4 nitrogen and oxygen atoms in total. The number of aliphatic hydroxyl groups is 1. The second kappa shape index (κ2) is 6.84. The minimum Gasteiger partial charge on any atom is -0.390 e. The second-order valence-corrected chi connectivity index (χ2v) is 14.8. The average molecular weight is 466 g/mol. The number of nitrogens with zero attached hydrogens (tertiary/aromatic N) is 1. The third-order valence-corrected chi connectivity index (χ3v) is 12.4. The molecule has 8 atom stereocenters. The second-order valence-electron chi connectivity index (χ2n) is 14.8. The van der Waals surface area contributed by atoms with Crippen LogP contribution < -0.4 is 0 Å². The van der Waals surface area contributed by atoms with Crippen LogP contribution in [0.15, 0.2) is 11.6 Å². The summed E-state index contributed by atoms with van der Waals surface area (Å²) < 4.78 is 0. The molecule has 0 aromatic carbocycles. The molecule has 186 valence electrons. The van der Waals surface area contributed by atoms with Crippen LogP contribution in [0.1, 0.15) is 99.8 Å². The van der Waals surface area contributed by atoms with Gasteiger partial charge in [0.2, 0.25) is 0 Å². The van der Waals surface area contributed by atoms with Crippen molar-refractivity contribution in [2.24, 2.45) is 50.7 Å². The molecular formula is C30H43NO3. The molecule has 0 amide bonds. The lowest BCUT2D eigenvalue weighted by atomic mass is 9.32. The van der Waals surface area contributed by atoms with Crippen molar-refractivity contribution in [2.45, 2.75) is 105 Å². The van der Waals surface area contributed by atoms with Gasteiger partial charge in [0, 0.05) is 17.8 Å². The summed E-state index contributed by atoms with van der Waals surface area (Å²) in [5.74, 6) is 0.426. The van der Waals surface area contributed by atoms with Crippen LogP contribution in [0.4, 0.5) is 0 Å². The summed E-state index contributed by atoms with van der Waals surface area (Å²) in [6.07, 6.45) is 8.78. The van der Waals surface area contributed by atoms with E-state index in [-0.39, 0.29) is 56.7 Å². The van der Waals surface area contributed by atoms with Crippen molar-refractivity contribution in [3.05, 3.63) is 11.6 Å². The highest BCUT2D eigenvalue weighted by atomic mass is 16.3. The molecule has 0 spiro atoms. The lowest BCUT2D eigenvalue weighted by molar-refractivity contribution is -0.236. The van der Waals surface area contributed by atoms with Gasteiger partial charge in [-0.25, -0.2) is 0 Å². The highest BCUT2D eigenvalue weighted by Gasteiger charge is 2.72. The Hall–Kier alpha value is -1.47. The number of hydrogen-bond donors (Lipinski definition) is 1. The topological polar surface area (TPSA) is 78.2 Å². The summed E-state index contributed by atoms with van der Waals surface area (Å²) in [5, 5.41) is 21.6. The van der Waals surface area contributed by atoms with Crippen LogP contribution in [0.3, 0.4) is 0 Å². The summed E-state index contributed by atoms with van der Waals surface area (Å²) in [5.41, 5.74) is -1.51. The standard InChI is InChI=1S/C30H43NO3/c1-25(2)10-12-30(34)13-11-29(7)23(19(30)16-25)20(32)14-22-27(5)15-18(17-31)24(33)26(3,4)21(27)8-9-28(22,29)6/h15,19,21-23,34H,8-14,16H2,1-7H3/t19-,21-,22+,23-,27-,28+,29+,30-/m0/s1. The van der Waals surface area contributed by atoms with Crippen molar-refractivity contribution in [3.8, 4) is 6.07 Å². The molecule has 1 N–H and O–H groups in total. The van der Waals surface area contributed by atoms with Gasteiger partial charge in [-0.15, -0.1) is 0 Å². The molecule has 5 rings (SSSR count). The maximum absolute atomic E-state index is 14.2. The summed E-state index contributed by atoms with van der Waals surface area (Å²) >= 11 is 0. The number of rotatable bonds is 0. The first-order valence-electron chi connectivity index (χ1n) is 13.5. The Kier molecular flexibility index (Phi) is 4.88. The maximum atomic E-state index is 14.2. The molecule has 0 aromatic rings. The molecule has 4 fully saturated rings. The first-order valence-corrected chi connectivity index (χ1v) is 13.5. The van der Waals surface area contributed by atoms with E-state index in [9.17, 15) is 20.0 Å². The SMILES string of the molecule is CC1(C)CC[C@]2(O)CC[C@]3(C)[C@H](C(=O)C[C@@H]4[C@@]5(C)C=C(C#N)C(=O)C(C)(C)[C@@H]5CC[C@]43C)[C@@H]2C1. The van der Waals surface area contributed by atoms with Gasteiger partial charge in [-0.2, -0.15) is 5.26 Å². The van der Waals surface area contributed by atoms with Crippen LogP contribution in [0.25, 0.3) is 0 Å². The van der Waals surface area contributed by atoms with Crippen molar-refractivity contribution in [1.29, 1.82) is 5.26 Å². The highest BCUT2D eigenvalue weighted by molar-refractivity contribution is 6.04. The molecule has 0 heterocycles. The first kappa shape index (κ1) is 24.2. The molecule has 0 aromatic heterocycles. The number of Topliss-reactive ketones (excluding diaryl/α,β-unsaturated/α-hetero) is 2. The normalized spacial score (nSPS) is 51.2. The largest absolute Gasteiger partial charge is 0.390 e. The van der Waals surface area contributed by atoms with Gasteiger partial charge in [0.1, 0.15) is 11.9 Å². The van der Waals surface area contributed by atoms with Gasteiger partial charge in [-0.3, -0.25) is 9.59 Å². The Morgan fingerprint density at radius 2 is 1.56 bits per heavy atom. The fourth-order valence-electron chi connectivity index (χ4n) is 10.3. The molecule has 0 radical (unpaired) electrons. The Balaban J connectivity index is 1.63. The summed E-state index contributed by atoms with van der Waals surface area (Å²) in [4.78, 5) is 27.3. The molecule has 5 aliphatic carbocycles. The molecule has 4 heteroatoms. The predicted molar refractivity (Wildman–Crippen MR) is 131 cm³/mol. The summed E-state index contributed by atoms with van der Waals surface area (Å²) in [6, 6.07) is 2.20. The van der Waals surface area contributed by atoms with Gasteiger partial charge in [0.25, 0.3) is 0 Å². The number of fused-ring (bicyclic) bond motifs is 7. The lowest BCUT2D eigenvalue weighted by Crippen LogP contribution is -2.69. The van der Waals surface area contributed by atoms with Crippen molar-refractivity contribution in [1.82, 2.24) is 0 Å². The van der Waals surface area contributed by atoms with Gasteiger partial charge in [0.15, 0.2) is 5.78 Å². The Bertz CT molecular complexity index is 1030. The minimum atomic E-state index is -0.715. The zero-order valence-electron chi connectivity index (χ0n) is 22.3. The predicted octanol–water partition coefficient (Wildman–Crippen LogP) is 6.03. The van der Waals surface area contributed by atoms with Gasteiger partial charge in [-0.1, -0.05) is 54.5 Å². The van der Waals surface area contributed by atoms with E-state index in [2.05, 4.69) is 40.7 Å². The van der Waals surface area contributed by atoms with Crippen LogP contribution in [0.2, 0.25) is 0 Å². The van der Waals surface area contributed by atoms with Gasteiger partial charge < -0.3 is 5.11 Å². The van der Waals surface area contributed by atoms with Crippen molar-refractivity contribution in [2.75, 3.05) is 0 Å². The van der Waals surface area contributed by atoms with E-state index < -0.39 is 11.0 Å². The third-order valence-electron chi connectivity index (χ3n) is 12.4. The molecule has 0 unspecified atom stereocenters. The maximum Gasteiger partial charge on any atom is 0.178 e. The summed E-state index contributed by atoms with van der Waals surface area (Å²) in [7, 11) is 0. The van der Waals surface area contributed by atoms with Crippen molar-refractivity contribution >= 4 is 11.6 Å². The van der Waals surface area contributed by atoms with Crippen molar-refractivity contribution in [3.63, 3.8) is 0 Å². The number of carbonyl (C=O) groups excluding carboxylic acids is 2. The average Bonchev–Trinajstić information content (AvgIpc) is 2.74. The smallest absolute Gasteiger partial charge is 0.178 e. The number of carbonyl (C=O) groups is 2. The number of ketones is 2. The first-order chi connectivity index (χ1) is 15.6. The molecule has 0 saturated heterocycles. The number of hydrogen-bond acceptors (Lipinski definition) is 4. The molecule has 0 aliphatic heterocycles. The Morgan fingerprint density at radius 3 is 2.21 bits per heavy atom. The Morgan fingerprint density at radius 1 is 0.912 bits per heavy atom. The number of nitriles is 1. The summed E-state index contributed by atoms with van der Waals surface area (Å²) in [6.45, 7) is 15.6. The fraction of sp³-hybridized carbons (Fsp3) is 0.833. The van der Waals surface area contributed by atoms with Gasteiger partial charge in [-0.05, 0) is 84.4 Å². The van der Waals surface area contributed by atoms with Gasteiger partial charge in [0.05, 0.1) is 11.2 Å². The number of allylic oxidation sites excluding steroid dienone is 2. The zero-order valence-corrected chi connectivity index (χ0v) is 22.3. The van der Waals surface area contributed by atoms with Crippen LogP contribution >= 0.6 is 0 Å². The van der Waals surface area contributed by atoms with E-state index in [0.29, 0.717) is 12.2 Å². The van der Waals surface area contributed by atoms with Gasteiger partial charge >= 0.3 is 0 Å². The monoisotopic (exact) mass is 465 g/mol. The van der Waals surface area contributed by atoms with Crippen LogP contribution in [-0.2, 0) is 9.59 Å². The van der Waals surface area contributed by atoms with E-state index in [1.807, 2.05) is 19.9 Å². The Labute approximate surface area is 205 Å². The van der Waals surface area contributed by atoms with E-state index in [0.717, 1.165) is 44.9 Å². The van der Waals surface area contributed by atoms with Crippen LogP contribution in [0, 0.1) is 62.1 Å². The van der Waals surface area contributed by atoms with E-state index >= 15 is 0 Å². The molecule has 0 bridgehead atoms. The highest BCUT2D eigenvalue weighted by Crippen LogP contribution is 2.74. The lowest BCUT2D eigenvalue weighted by Gasteiger charge is -2.71. The quantitative estimate of drug-likeness (QED) is 0.474. The molecule has 4 saturated carbocycles. The van der Waals surface area contributed by atoms with E-state index in [4.69, 9.17) is 0 Å². The molecule has 5 aliphatic rings. The molecular weight excluding hydrogens is 422 g/mol. The van der Waals surface area contributed by atoms with E-state index in [1.165, 1.54) is 0 Å². The third kappa shape index (κ3) is 2.80. The van der Waals surface area contributed by atoms with E-state index in [1.54, 1.807) is 0 Å². The fourth-order valence-corrected chi connectivity index (χ4v) is 10.3. The zero-order chi connectivity index (χ0) is 25.1. The van der Waals surface area contributed by atoms with Crippen LogP contribution in [0.5, 0.6) is 0 Å². The van der Waals surface area contributed by atoms with Crippen LogP contribution in [-0.4, -0.2) is 22.3 Å². The minimum absolute atomic E-state index is 0.0281.